The van der Waals surface area contributed by atoms with Crippen LogP contribution in [0.15, 0.2) is 47.4 Å². The van der Waals surface area contributed by atoms with Gasteiger partial charge in [0, 0.05) is 12.1 Å². The van der Waals surface area contributed by atoms with Crippen LogP contribution in [-0.2, 0) is 14.8 Å². The van der Waals surface area contributed by atoms with E-state index < -0.39 is 15.9 Å². The van der Waals surface area contributed by atoms with Crippen molar-refractivity contribution in [3.8, 4) is 17.2 Å². The lowest BCUT2D eigenvalue weighted by molar-refractivity contribution is -0.120. The number of benzene rings is 2. The molecule has 0 spiro atoms. The highest BCUT2D eigenvalue weighted by Gasteiger charge is 2.29. The van der Waals surface area contributed by atoms with Gasteiger partial charge in [-0.2, -0.15) is 0 Å². The molecular weight excluding hydrogens is 432 g/mol. The van der Waals surface area contributed by atoms with E-state index >= 15 is 0 Å². The van der Waals surface area contributed by atoms with E-state index in [9.17, 15) is 13.2 Å². The Balaban J connectivity index is 2.47. The number of nitrogens with zero attached hydrogens (tertiary/aromatic N) is 1. The van der Waals surface area contributed by atoms with E-state index in [-0.39, 0.29) is 29.1 Å². The fourth-order valence-corrected chi connectivity index (χ4v) is 4.33. The number of ether oxygens (including phenoxy) is 3. The molecule has 1 atom stereocenters. The number of nitrogens with one attached hydrogen (secondary N) is 1. The molecule has 0 radical (unpaired) electrons. The van der Waals surface area contributed by atoms with E-state index in [4.69, 9.17) is 14.2 Å². The molecule has 0 fully saturated rings. The number of anilines is 1. The molecule has 2 rings (SSSR count). The van der Waals surface area contributed by atoms with Gasteiger partial charge in [0.1, 0.15) is 12.3 Å². The first kappa shape index (κ1) is 25.3. The van der Waals surface area contributed by atoms with Gasteiger partial charge in [-0.25, -0.2) is 8.42 Å². The third kappa shape index (κ3) is 6.06. The third-order valence-electron chi connectivity index (χ3n) is 5.05. The molecule has 0 bridgehead atoms. The van der Waals surface area contributed by atoms with E-state index in [1.54, 1.807) is 24.3 Å². The van der Waals surface area contributed by atoms with E-state index in [1.165, 1.54) is 32.4 Å². The largest absolute Gasteiger partial charge is 0.494 e. The highest BCUT2D eigenvalue weighted by atomic mass is 32.2. The van der Waals surface area contributed by atoms with Crippen molar-refractivity contribution in [2.45, 2.75) is 38.6 Å². The summed E-state index contributed by atoms with van der Waals surface area (Å²) in [6.45, 7) is 7.82. The molecule has 1 amide bonds. The van der Waals surface area contributed by atoms with Gasteiger partial charge in [-0.1, -0.05) is 13.8 Å². The average Bonchev–Trinajstić information content (AvgIpc) is 2.77. The van der Waals surface area contributed by atoms with Crippen molar-refractivity contribution in [3.63, 3.8) is 0 Å². The molecule has 0 saturated heterocycles. The number of carbonyl (C=O) groups excluding carboxylic acids is 1. The number of sulfonamides is 1. The second kappa shape index (κ2) is 11.1. The summed E-state index contributed by atoms with van der Waals surface area (Å²) in [6.07, 6.45) is 0. The van der Waals surface area contributed by atoms with Crippen LogP contribution < -0.4 is 23.8 Å². The van der Waals surface area contributed by atoms with Gasteiger partial charge < -0.3 is 19.5 Å². The molecule has 9 heteroatoms. The maximum absolute atomic E-state index is 13.6. The summed E-state index contributed by atoms with van der Waals surface area (Å²) in [5.74, 6) is 1.10. The van der Waals surface area contributed by atoms with E-state index in [1.807, 2.05) is 27.7 Å². The van der Waals surface area contributed by atoms with Gasteiger partial charge in [-0.3, -0.25) is 9.10 Å². The van der Waals surface area contributed by atoms with Crippen molar-refractivity contribution < 1.29 is 27.4 Å². The minimum Gasteiger partial charge on any atom is -0.494 e. The molecule has 176 valence electrons. The van der Waals surface area contributed by atoms with Gasteiger partial charge in [0.05, 0.1) is 31.4 Å². The number of methoxy groups -OCH3 is 2. The van der Waals surface area contributed by atoms with Gasteiger partial charge in [0.15, 0.2) is 11.5 Å². The number of hydrogen-bond donors (Lipinski definition) is 1. The summed E-state index contributed by atoms with van der Waals surface area (Å²) in [5, 5.41) is 2.86. The topological polar surface area (TPSA) is 94.2 Å². The van der Waals surface area contributed by atoms with Crippen LogP contribution in [0.4, 0.5) is 5.69 Å². The van der Waals surface area contributed by atoms with Crippen molar-refractivity contribution in [2.24, 2.45) is 5.92 Å². The van der Waals surface area contributed by atoms with Crippen LogP contribution in [0.25, 0.3) is 0 Å². The molecule has 2 aromatic carbocycles. The number of hydrogen-bond acceptors (Lipinski definition) is 6. The SMILES string of the molecule is CCOc1ccc(N(CC(=O)N[C@H](C)C(C)C)S(=O)(=O)c2ccc(OC)c(OC)c2)cc1. The van der Waals surface area contributed by atoms with Crippen molar-refractivity contribution in [1.29, 1.82) is 0 Å². The summed E-state index contributed by atoms with van der Waals surface area (Å²) < 4.78 is 44.2. The van der Waals surface area contributed by atoms with Crippen LogP contribution >= 0.6 is 0 Å². The fourth-order valence-electron chi connectivity index (χ4n) is 2.89. The van der Waals surface area contributed by atoms with Crippen molar-refractivity contribution in [2.75, 3.05) is 31.7 Å². The molecule has 8 nitrogen and oxygen atoms in total. The maximum atomic E-state index is 13.6. The molecule has 0 saturated carbocycles. The molecular formula is C23H32N2O6S. The molecule has 0 aliphatic rings. The first-order valence-electron chi connectivity index (χ1n) is 10.4. The zero-order chi connectivity index (χ0) is 23.9. The van der Waals surface area contributed by atoms with Crippen molar-refractivity contribution in [3.05, 3.63) is 42.5 Å². The lowest BCUT2D eigenvalue weighted by Crippen LogP contribution is -2.45. The number of carbonyl (C=O) groups is 1. The molecule has 32 heavy (non-hydrogen) atoms. The Bertz CT molecular complexity index is 1010. The number of amides is 1. The predicted molar refractivity (Wildman–Crippen MR) is 124 cm³/mol. The van der Waals surface area contributed by atoms with Gasteiger partial charge in [-0.05, 0) is 56.2 Å². The van der Waals surface area contributed by atoms with Crippen LogP contribution in [0.3, 0.4) is 0 Å². The monoisotopic (exact) mass is 464 g/mol. The van der Waals surface area contributed by atoms with Crippen LogP contribution in [0.1, 0.15) is 27.7 Å². The Hall–Kier alpha value is -2.94. The Morgan fingerprint density at radius 2 is 1.62 bits per heavy atom. The Morgan fingerprint density at radius 3 is 2.16 bits per heavy atom. The summed E-state index contributed by atoms with van der Waals surface area (Å²) in [6, 6.07) is 10.8. The summed E-state index contributed by atoms with van der Waals surface area (Å²) in [5.41, 5.74) is 0.343. The Labute approximate surface area is 190 Å². The second-order valence-corrected chi connectivity index (χ2v) is 9.42. The summed E-state index contributed by atoms with van der Waals surface area (Å²) in [4.78, 5) is 12.7. The minimum atomic E-state index is -4.09. The summed E-state index contributed by atoms with van der Waals surface area (Å²) in [7, 11) is -1.19. The second-order valence-electron chi connectivity index (χ2n) is 7.56. The maximum Gasteiger partial charge on any atom is 0.264 e. The minimum absolute atomic E-state index is 0.0197. The smallest absolute Gasteiger partial charge is 0.264 e. The van der Waals surface area contributed by atoms with E-state index in [0.29, 0.717) is 23.8 Å². The van der Waals surface area contributed by atoms with E-state index in [0.717, 1.165) is 4.31 Å². The molecule has 1 N–H and O–H groups in total. The quantitative estimate of drug-likeness (QED) is 0.547. The average molecular weight is 465 g/mol. The van der Waals surface area contributed by atoms with Crippen molar-refractivity contribution in [1.82, 2.24) is 5.32 Å². The van der Waals surface area contributed by atoms with Gasteiger partial charge >= 0.3 is 0 Å². The lowest BCUT2D eigenvalue weighted by atomic mass is 10.1. The molecule has 0 aliphatic heterocycles. The summed E-state index contributed by atoms with van der Waals surface area (Å²) >= 11 is 0. The Morgan fingerprint density at radius 1 is 1.00 bits per heavy atom. The molecule has 0 aromatic heterocycles. The zero-order valence-corrected chi connectivity index (χ0v) is 20.2. The first-order chi connectivity index (χ1) is 15.1. The first-order valence-corrected chi connectivity index (χ1v) is 11.8. The van der Waals surface area contributed by atoms with Crippen LogP contribution in [0.2, 0.25) is 0 Å². The van der Waals surface area contributed by atoms with Gasteiger partial charge in [0.2, 0.25) is 5.91 Å². The Kier molecular flexibility index (Phi) is 8.77. The zero-order valence-electron chi connectivity index (χ0n) is 19.4. The normalized spacial score (nSPS) is 12.2. The lowest BCUT2D eigenvalue weighted by Gasteiger charge is -2.26. The third-order valence-corrected chi connectivity index (χ3v) is 6.82. The molecule has 2 aromatic rings. The fraction of sp³-hybridized carbons (Fsp3) is 0.435. The van der Waals surface area contributed by atoms with Crippen molar-refractivity contribution >= 4 is 21.6 Å². The predicted octanol–water partition coefficient (Wildman–Crippen LogP) is 3.46. The van der Waals surface area contributed by atoms with Crippen LogP contribution in [0, 0.1) is 5.92 Å². The molecule has 0 aliphatic carbocycles. The number of rotatable bonds is 11. The molecule has 0 heterocycles. The highest BCUT2D eigenvalue weighted by molar-refractivity contribution is 7.92. The van der Waals surface area contributed by atoms with Gasteiger partial charge in [-0.15, -0.1) is 0 Å². The van der Waals surface area contributed by atoms with Crippen LogP contribution in [0.5, 0.6) is 17.2 Å². The van der Waals surface area contributed by atoms with E-state index in [2.05, 4.69) is 5.32 Å². The standard InChI is InChI=1S/C23H32N2O6S/c1-7-31-19-10-8-18(9-11-19)25(15-23(26)24-17(4)16(2)3)32(27,28)20-12-13-21(29-5)22(14-20)30-6/h8-14,16-17H,7,15H2,1-6H3,(H,24,26)/t17-/m1/s1. The molecule has 0 unspecified atom stereocenters. The highest BCUT2D eigenvalue weighted by Crippen LogP contribution is 2.32. The van der Waals surface area contributed by atoms with Gasteiger partial charge in [0.25, 0.3) is 10.0 Å². The van der Waals surface area contributed by atoms with Crippen LogP contribution in [-0.4, -0.2) is 47.7 Å².